The van der Waals surface area contributed by atoms with E-state index < -0.39 is 23.7 Å². The molecular weight excluding hydrogens is 224 g/mol. The Hall–Kier alpha value is -2.24. The zero-order chi connectivity index (χ0) is 12.6. The second kappa shape index (κ2) is 3.97. The van der Waals surface area contributed by atoms with Gasteiger partial charge in [-0.2, -0.15) is 0 Å². The number of hydrogen-bond donors (Lipinski definition) is 1. The molecule has 0 saturated carbocycles. The van der Waals surface area contributed by atoms with Crippen molar-refractivity contribution in [2.24, 2.45) is 5.92 Å². The van der Waals surface area contributed by atoms with E-state index in [1.807, 2.05) is 0 Å². The predicted octanol–water partition coefficient (Wildman–Crippen LogP) is 0.398. The van der Waals surface area contributed by atoms with Crippen LogP contribution in [0.3, 0.4) is 0 Å². The minimum absolute atomic E-state index is 0.123. The van der Waals surface area contributed by atoms with Gasteiger partial charge in [0.2, 0.25) is 0 Å². The van der Waals surface area contributed by atoms with Gasteiger partial charge in [-0.05, 0) is 6.07 Å². The van der Waals surface area contributed by atoms with Crippen molar-refractivity contribution in [3.63, 3.8) is 0 Å². The van der Waals surface area contributed by atoms with Crippen LogP contribution in [-0.2, 0) is 4.79 Å². The summed E-state index contributed by atoms with van der Waals surface area (Å²) in [4.78, 5) is 39.1. The van der Waals surface area contributed by atoms with E-state index in [0.717, 1.165) is 4.90 Å². The molecule has 6 nitrogen and oxygen atoms in total. The largest absolute Gasteiger partial charge is 0.481 e. The van der Waals surface area contributed by atoms with Crippen molar-refractivity contribution in [3.05, 3.63) is 29.6 Å². The molecule has 0 aromatic carbocycles. The Labute approximate surface area is 96.9 Å². The molecule has 0 fully saturated rings. The lowest BCUT2D eigenvalue weighted by molar-refractivity contribution is -0.141. The smallest absolute Gasteiger partial charge is 0.308 e. The number of aliphatic carboxylic acids is 1. The Kier molecular flexibility index (Phi) is 2.63. The number of rotatable bonds is 3. The molecule has 2 rings (SSSR count). The van der Waals surface area contributed by atoms with Crippen LogP contribution in [0.4, 0.5) is 0 Å². The van der Waals surface area contributed by atoms with Gasteiger partial charge in [-0.25, -0.2) is 0 Å². The van der Waals surface area contributed by atoms with E-state index in [2.05, 4.69) is 4.98 Å². The summed E-state index contributed by atoms with van der Waals surface area (Å²) in [6, 6.07) is 1.46. The third-order valence-electron chi connectivity index (χ3n) is 2.65. The second-order valence-electron chi connectivity index (χ2n) is 3.88. The van der Waals surface area contributed by atoms with Crippen molar-refractivity contribution in [2.45, 2.75) is 6.92 Å². The molecule has 6 heteroatoms. The molecule has 0 aliphatic carbocycles. The summed E-state index contributed by atoms with van der Waals surface area (Å²) in [5.41, 5.74) is 0.512. The Morgan fingerprint density at radius 3 is 2.65 bits per heavy atom. The fourth-order valence-electron chi connectivity index (χ4n) is 1.65. The minimum atomic E-state index is -1.04. The Morgan fingerprint density at radius 1 is 1.41 bits per heavy atom. The van der Waals surface area contributed by atoms with E-state index in [0.29, 0.717) is 0 Å². The number of carbonyl (C=O) groups excluding carboxylic acids is 2. The summed E-state index contributed by atoms with van der Waals surface area (Å²) < 4.78 is 0. The van der Waals surface area contributed by atoms with E-state index >= 15 is 0 Å². The first-order chi connectivity index (χ1) is 8.02. The van der Waals surface area contributed by atoms with Crippen LogP contribution in [0.25, 0.3) is 0 Å². The topological polar surface area (TPSA) is 87.6 Å². The first-order valence-electron chi connectivity index (χ1n) is 5.05. The van der Waals surface area contributed by atoms with Gasteiger partial charge in [0.1, 0.15) is 0 Å². The van der Waals surface area contributed by atoms with Crippen LogP contribution in [0.2, 0.25) is 0 Å². The quantitative estimate of drug-likeness (QED) is 0.765. The highest BCUT2D eigenvalue weighted by Crippen LogP contribution is 2.22. The standard InChI is InChI=1S/C11H10N2O4/c1-6(11(16)17)5-13-9(14)7-2-3-12-4-8(7)10(13)15/h2-4,6H,5H2,1H3,(H,16,17). The van der Waals surface area contributed by atoms with Gasteiger partial charge >= 0.3 is 5.97 Å². The highest BCUT2D eigenvalue weighted by atomic mass is 16.4. The van der Waals surface area contributed by atoms with Crippen molar-refractivity contribution < 1.29 is 19.5 Å². The first kappa shape index (κ1) is 11.3. The zero-order valence-corrected chi connectivity index (χ0v) is 9.08. The Morgan fingerprint density at radius 2 is 2.06 bits per heavy atom. The Bertz CT molecular complexity index is 477. The van der Waals surface area contributed by atoms with Crippen LogP contribution in [0.15, 0.2) is 18.5 Å². The third kappa shape index (κ3) is 1.77. The molecular formula is C11H10N2O4. The molecule has 0 radical (unpaired) electrons. The van der Waals surface area contributed by atoms with Gasteiger partial charge < -0.3 is 5.11 Å². The lowest BCUT2D eigenvalue weighted by atomic mass is 10.2. The summed E-state index contributed by atoms with van der Waals surface area (Å²) in [6.07, 6.45) is 2.75. The molecule has 1 aliphatic heterocycles. The molecule has 2 amide bonds. The van der Waals surface area contributed by atoms with Gasteiger partial charge in [0, 0.05) is 18.9 Å². The highest BCUT2D eigenvalue weighted by molar-refractivity contribution is 6.21. The second-order valence-corrected chi connectivity index (χ2v) is 3.88. The summed E-state index contributed by atoms with van der Waals surface area (Å²) in [5, 5.41) is 8.77. The average Bonchev–Trinajstić information content (AvgIpc) is 2.55. The summed E-state index contributed by atoms with van der Waals surface area (Å²) in [7, 11) is 0. The van der Waals surface area contributed by atoms with Crippen LogP contribution in [0, 0.1) is 5.92 Å². The Balaban J connectivity index is 2.27. The molecule has 1 aromatic rings. The van der Waals surface area contributed by atoms with E-state index in [9.17, 15) is 14.4 Å². The van der Waals surface area contributed by atoms with Gasteiger partial charge in [0.05, 0.1) is 17.0 Å². The van der Waals surface area contributed by atoms with Crippen LogP contribution < -0.4 is 0 Å². The van der Waals surface area contributed by atoms with Crippen molar-refractivity contribution >= 4 is 17.8 Å². The molecule has 1 unspecified atom stereocenters. The van der Waals surface area contributed by atoms with Crippen molar-refractivity contribution in [3.8, 4) is 0 Å². The maximum atomic E-state index is 11.8. The van der Waals surface area contributed by atoms with E-state index in [1.165, 1.54) is 25.4 Å². The number of carbonyl (C=O) groups is 3. The number of fused-ring (bicyclic) bond motifs is 1. The maximum Gasteiger partial charge on any atom is 0.308 e. The molecule has 0 bridgehead atoms. The van der Waals surface area contributed by atoms with Crippen molar-refractivity contribution in [1.82, 2.24) is 9.88 Å². The minimum Gasteiger partial charge on any atom is -0.481 e. The number of pyridine rings is 1. The van der Waals surface area contributed by atoms with Gasteiger partial charge in [-0.3, -0.25) is 24.3 Å². The maximum absolute atomic E-state index is 11.8. The van der Waals surface area contributed by atoms with Gasteiger partial charge in [0.25, 0.3) is 11.8 Å². The number of imide groups is 1. The zero-order valence-electron chi connectivity index (χ0n) is 9.08. The summed E-state index contributed by atoms with van der Waals surface area (Å²) in [5.74, 6) is -2.77. The lowest BCUT2D eigenvalue weighted by Crippen LogP contribution is -2.36. The van der Waals surface area contributed by atoms with Crippen molar-refractivity contribution in [2.75, 3.05) is 6.54 Å². The number of aromatic nitrogens is 1. The molecule has 1 aliphatic rings. The molecule has 1 aromatic heterocycles. The van der Waals surface area contributed by atoms with Crippen LogP contribution >= 0.6 is 0 Å². The number of carboxylic acids is 1. The third-order valence-corrected chi connectivity index (χ3v) is 2.65. The van der Waals surface area contributed by atoms with Crippen molar-refractivity contribution in [1.29, 1.82) is 0 Å². The molecule has 17 heavy (non-hydrogen) atoms. The first-order valence-corrected chi connectivity index (χ1v) is 5.05. The number of amides is 2. The number of hydrogen-bond acceptors (Lipinski definition) is 4. The predicted molar refractivity (Wildman–Crippen MR) is 56.4 cm³/mol. The molecule has 88 valence electrons. The van der Waals surface area contributed by atoms with E-state index in [1.54, 1.807) is 0 Å². The molecule has 0 saturated heterocycles. The summed E-state index contributed by atoms with van der Waals surface area (Å²) in [6.45, 7) is 1.33. The van der Waals surface area contributed by atoms with E-state index in [-0.39, 0.29) is 17.7 Å². The van der Waals surface area contributed by atoms with Gasteiger partial charge in [-0.15, -0.1) is 0 Å². The lowest BCUT2D eigenvalue weighted by Gasteiger charge is -2.16. The molecule has 1 N–H and O–H groups in total. The average molecular weight is 234 g/mol. The van der Waals surface area contributed by atoms with Crippen LogP contribution in [0.1, 0.15) is 27.6 Å². The van der Waals surface area contributed by atoms with Crippen LogP contribution in [-0.4, -0.2) is 39.3 Å². The monoisotopic (exact) mass is 234 g/mol. The molecule has 0 spiro atoms. The molecule has 2 heterocycles. The van der Waals surface area contributed by atoms with Crippen LogP contribution in [0.5, 0.6) is 0 Å². The van der Waals surface area contributed by atoms with Gasteiger partial charge in [0.15, 0.2) is 0 Å². The summed E-state index contributed by atoms with van der Waals surface area (Å²) >= 11 is 0. The fourth-order valence-corrected chi connectivity index (χ4v) is 1.65. The highest BCUT2D eigenvalue weighted by Gasteiger charge is 2.37. The van der Waals surface area contributed by atoms with E-state index in [4.69, 9.17) is 5.11 Å². The van der Waals surface area contributed by atoms with Gasteiger partial charge in [-0.1, -0.05) is 6.92 Å². The normalized spacial score (nSPS) is 15.9. The number of nitrogens with zero attached hydrogens (tertiary/aromatic N) is 2. The number of carboxylic acid groups (broad SMARTS) is 1. The fraction of sp³-hybridized carbons (Fsp3) is 0.273. The SMILES string of the molecule is CC(CN1C(=O)c2ccncc2C1=O)C(=O)O. The molecule has 1 atom stereocenters.